The Labute approximate surface area is 170 Å². The van der Waals surface area contributed by atoms with Crippen LogP contribution in [0, 0.1) is 5.92 Å². The van der Waals surface area contributed by atoms with E-state index >= 15 is 0 Å². The standard InChI is InChI=1S/C23H26N2O4/c1-15(2)13-19(23(28)29)24-21(26)18-10-11-20-17(14-18)9-6-12-25(20)22(27)16-7-4-3-5-8-16/h3-5,7-8,10-11,14-15,19H,6,9,12-13H2,1-2H3,(H,24,26)(H,28,29)/t19-/m1/s1. The van der Waals surface area contributed by atoms with Crippen LogP contribution in [0.1, 0.15) is 53.0 Å². The van der Waals surface area contributed by atoms with Crippen molar-refractivity contribution in [3.63, 3.8) is 0 Å². The van der Waals surface area contributed by atoms with Gasteiger partial charge in [-0.15, -0.1) is 0 Å². The third kappa shape index (κ3) is 4.83. The van der Waals surface area contributed by atoms with Gasteiger partial charge in [0.2, 0.25) is 0 Å². The molecule has 152 valence electrons. The van der Waals surface area contributed by atoms with Crippen molar-refractivity contribution in [3.8, 4) is 0 Å². The highest BCUT2D eigenvalue weighted by Crippen LogP contribution is 2.29. The van der Waals surface area contributed by atoms with Crippen LogP contribution in [-0.2, 0) is 11.2 Å². The molecule has 0 aliphatic carbocycles. The van der Waals surface area contributed by atoms with E-state index in [4.69, 9.17) is 0 Å². The van der Waals surface area contributed by atoms with Crippen LogP contribution in [0.4, 0.5) is 5.69 Å². The summed E-state index contributed by atoms with van der Waals surface area (Å²) in [5, 5.41) is 12.0. The van der Waals surface area contributed by atoms with E-state index in [1.54, 1.807) is 35.2 Å². The summed E-state index contributed by atoms with van der Waals surface area (Å²) >= 11 is 0. The zero-order valence-corrected chi connectivity index (χ0v) is 16.7. The van der Waals surface area contributed by atoms with Gasteiger partial charge < -0.3 is 15.3 Å². The molecular weight excluding hydrogens is 368 g/mol. The Hall–Kier alpha value is -3.15. The number of carbonyl (C=O) groups is 3. The predicted octanol–water partition coefficient (Wildman–Crippen LogP) is 3.51. The zero-order chi connectivity index (χ0) is 21.0. The highest BCUT2D eigenvalue weighted by molar-refractivity contribution is 6.07. The van der Waals surface area contributed by atoms with Crippen LogP contribution in [0.5, 0.6) is 0 Å². The number of hydrogen-bond donors (Lipinski definition) is 2. The topological polar surface area (TPSA) is 86.7 Å². The number of carboxylic acids is 1. The second-order valence-electron chi connectivity index (χ2n) is 7.76. The molecule has 0 saturated carbocycles. The SMILES string of the molecule is CC(C)C[C@@H](NC(=O)c1ccc2c(c1)CCCN2C(=O)c1ccccc1)C(=O)O. The lowest BCUT2D eigenvalue weighted by Crippen LogP contribution is -2.41. The average molecular weight is 394 g/mol. The Morgan fingerprint density at radius 2 is 1.79 bits per heavy atom. The van der Waals surface area contributed by atoms with Gasteiger partial charge >= 0.3 is 5.97 Å². The van der Waals surface area contributed by atoms with E-state index in [2.05, 4.69) is 5.32 Å². The molecule has 0 radical (unpaired) electrons. The first kappa shape index (κ1) is 20.6. The second kappa shape index (κ2) is 8.90. The molecule has 0 saturated heterocycles. The van der Waals surface area contributed by atoms with Crippen molar-refractivity contribution in [3.05, 3.63) is 65.2 Å². The number of carbonyl (C=O) groups excluding carboxylic acids is 2. The smallest absolute Gasteiger partial charge is 0.326 e. The lowest BCUT2D eigenvalue weighted by Gasteiger charge is -2.30. The van der Waals surface area contributed by atoms with Crippen molar-refractivity contribution in [1.29, 1.82) is 0 Å². The van der Waals surface area contributed by atoms with Crippen LogP contribution in [-0.4, -0.2) is 35.5 Å². The van der Waals surface area contributed by atoms with Crippen LogP contribution in [0.3, 0.4) is 0 Å². The molecule has 2 aromatic rings. The number of rotatable bonds is 6. The highest BCUT2D eigenvalue weighted by atomic mass is 16.4. The largest absolute Gasteiger partial charge is 0.480 e. The number of hydrogen-bond acceptors (Lipinski definition) is 3. The van der Waals surface area contributed by atoms with Crippen LogP contribution < -0.4 is 10.2 Å². The number of nitrogens with zero attached hydrogens (tertiary/aromatic N) is 1. The molecule has 1 aliphatic rings. The zero-order valence-electron chi connectivity index (χ0n) is 16.7. The molecule has 6 heteroatoms. The summed E-state index contributed by atoms with van der Waals surface area (Å²) in [4.78, 5) is 38.7. The number of amides is 2. The summed E-state index contributed by atoms with van der Waals surface area (Å²) in [5.41, 5.74) is 2.76. The number of anilines is 1. The Bertz CT molecular complexity index is 908. The lowest BCUT2D eigenvalue weighted by atomic mass is 9.97. The van der Waals surface area contributed by atoms with Crippen molar-refractivity contribution >= 4 is 23.5 Å². The van der Waals surface area contributed by atoms with Crippen LogP contribution in [0.15, 0.2) is 48.5 Å². The molecule has 2 amide bonds. The van der Waals surface area contributed by atoms with E-state index in [1.807, 2.05) is 32.0 Å². The second-order valence-corrected chi connectivity index (χ2v) is 7.76. The quantitative estimate of drug-likeness (QED) is 0.785. The molecule has 1 atom stereocenters. The Balaban J connectivity index is 1.81. The summed E-state index contributed by atoms with van der Waals surface area (Å²) in [6.07, 6.45) is 1.94. The third-order valence-electron chi connectivity index (χ3n) is 5.04. The van der Waals surface area contributed by atoms with Gasteiger partial charge in [-0.05, 0) is 61.1 Å². The fourth-order valence-corrected chi connectivity index (χ4v) is 3.62. The molecule has 29 heavy (non-hydrogen) atoms. The molecule has 3 rings (SSSR count). The number of fused-ring (bicyclic) bond motifs is 1. The first-order valence-electron chi connectivity index (χ1n) is 9.90. The maximum absolute atomic E-state index is 12.9. The molecular formula is C23H26N2O4. The third-order valence-corrected chi connectivity index (χ3v) is 5.04. The number of carboxylic acid groups (broad SMARTS) is 1. The highest BCUT2D eigenvalue weighted by Gasteiger charge is 2.26. The van der Waals surface area contributed by atoms with Gasteiger partial charge in [0.05, 0.1) is 0 Å². The van der Waals surface area contributed by atoms with Crippen molar-refractivity contribution in [1.82, 2.24) is 5.32 Å². The minimum atomic E-state index is -1.04. The summed E-state index contributed by atoms with van der Waals surface area (Å²) in [7, 11) is 0. The number of aliphatic carboxylic acids is 1. The van der Waals surface area contributed by atoms with Gasteiger partial charge in [0.25, 0.3) is 11.8 Å². The van der Waals surface area contributed by atoms with Gasteiger partial charge in [0.15, 0.2) is 0 Å². The van der Waals surface area contributed by atoms with Gasteiger partial charge in [0.1, 0.15) is 6.04 Å². The minimum Gasteiger partial charge on any atom is -0.480 e. The van der Waals surface area contributed by atoms with Gasteiger partial charge in [-0.2, -0.15) is 0 Å². The molecule has 0 unspecified atom stereocenters. The Kier molecular flexibility index (Phi) is 6.32. The Morgan fingerprint density at radius 1 is 1.07 bits per heavy atom. The van der Waals surface area contributed by atoms with Crippen LogP contribution in [0.25, 0.3) is 0 Å². The lowest BCUT2D eigenvalue weighted by molar-refractivity contribution is -0.139. The predicted molar refractivity (Wildman–Crippen MR) is 111 cm³/mol. The number of aryl methyl sites for hydroxylation is 1. The van der Waals surface area contributed by atoms with Crippen molar-refractivity contribution in [2.24, 2.45) is 5.92 Å². The number of benzene rings is 2. The van der Waals surface area contributed by atoms with E-state index in [0.29, 0.717) is 24.1 Å². The molecule has 0 fully saturated rings. The minimum absolute atomic E-state index is 0.0633. The molecule has 0 aromatic heterocycles. The molecule has 0 spiro atoms. The normalized spacial score (nSPS) is 14.2. The van der Waals surface area contributed by atoms with E-state index in [0.717, 1.165) is 24.1 Å². The van der Waals surface area contributed by atoms with Gasteiger partial charge in [-0.25, -0.2) is 4.79 Å². The van der Waals surface area contributed by atoms with E-state index in [1.165, 1.54) is 0 Å². The fourth-order valence-electron chi connectivity index (χ4n) is 3.62. The molecule has 6 nitrogen and oxygen atoms in total. The maximum Gasteiger partial charge on any atom is 0.326 e. The van der Waals surface area contributed by atoms with Gasteiger partial charge in [0, 0.05) is 23.4 Å². The summed E-state index contributed by atoms with van der Waals surface area (Å²) < 4.78 is 0. The maximum atomic E-state index is 12.9. The first-order valence-corrected chi connectivity index (χ1v) is 9.90. The van der Waals surface area contributed by atoms with Crippen molar-refractivity contribution in [2.45, 2.75) is 39.2 Å². The summed E-state index contributed by atoms with van der Waals surface area (Å²) in [6.45, 7) is 4.46. The molecule has 1 heterocycles. The van der Waals surface area contributed by atoms with E-state index in [-0.39, 0.29) is 11.8 Å². The molecule has 1 aliphatic heterocycles. The number of nitrogens with one attached hydrogen (secondary N) is 1. The molecule has 0 bridgehead atoms. The Morgan fingerprint density at radius 3 is 2.45 bits per heavy atom. The molecule has 2 N–H and O–H groups in total. The summed E-state index contributed by atoms with van der Waals surface area (Å²) in [5.74, 6) is -1.36. The van der Waals surface area contributed by atoms with E-state index in [9.17, 15) is 19.5 Å². The monoisotopic (exact) mass is 394 g/mol. The fraction of sp³-hybridized carbons (Fsp3) is 0.348. The summed E-state index contributed by atoms with van der Waals surface area (Å²) in [6, 6.07) is 13.4. The van der Waals surface area contributed by atoms with E-state index < -0.39 is 17.9 Å². The van der Waals surface area contributed by atoms with Crippen molar-refractivity contribution in [2.75, 3.05) is 11.4 Å². The molecule has 2 aromatic carbocycles. The van der Waals surface area contributed by atoms with Crippen molar-refractivity contribution < 1.29 is 19.5 Å². The van der Waals surface area contributed by atoms with Gasteiger partial charge in [-0.1, -0.05) is 32.0 Å². The van der Waals surface area contributed by atoms with Crippen LogP contribution >= 0.6 is 0 Å². The van der Waals surface area contributed by atoms with Crippen LogP contribution in [0.2, 0.25) is 0 Å². The average Bonchev–Trinajstić information content (AvgIpc) is 2.72. The first-order chi connectivity index (χ1) is 13.9. The van der Waals surface area contributed by atoms with Gasteiger partial charge in [-0.3, -0.25) is 9.59 Å².